The number of aromatic nitrogens is 3. The van der Waals surface area contributed by atoms with Gasteiger partial charge in [0, 0.05) is 18.1 Å². The van der Waals surface area contributed by atoms with Crippen LogP contribution in [0.2, 0.25) is 0 Å². The van der Waals surface area contributed by atoms with Gasteiger partial charge < -0.3 is 19.3 Å². The first-order chi connectivity index (χ1) is 17.0. The molecule has 36 heavy (non-hydrogen) atoms. The summed E-state index contributed by atoms with van der Waals surface area (Å²) in [6.45, 7) is 10.3. The standard InChI is InChI=1S/C26H29N3O7/c1-16(2)24(32)35-13-12-34-23(31)11-7-17-6-10-22(30)21(14-17)29-27-19-9-8-18(15-20(19)28(27)29)36-25(33)26(3,4)5/h6,8-10,14-15,30H,1,7,11-13H2,2-5H3. The number of hydrogen-bond donors (Lipinski definition) is 1. The Kier molecular flexibility index (Phi) is 6.53. The Morgan fingerprint density at radius 2 is 1.67 bits per heavy atom. The Hall–Kier alpha value is -4.21. The predicted octanol–water partition coefficient (Wildman–Crippen LogP) is 3.67. The van der Waals surface area contributed by atoms with Crippen LogP contribution in [0.25, 0.3) is 16.7 Å². The quantitative estimate of drug-likeness (QED) is 0.163. The lowest BCUT2D eigenvalue weighted by Crippen LogP contribution is -2.25. The molecule has 10 nitrogen and oxygen atoms in total. The van der Waals surface area contributed by atoms with E-state index in [-0.39, 0.29) is 36.9 Å². The molecule has 0 saturated carbocycles. The molecule has 2 aromatic heterocycles. The summed E-state index contributed by atoms with van der Waals surface area (Å²) in [5.74, 6) is -0.730. The van der Waals surface area contributed by atoms with E-state index in [2.05, 4.69) is 6.58 Å². The predicted molar refractivity (Wildman–Crippen MR) is 131 cm³/mol. The summed E-state index contributed by atoms with van der Waals surface area (Å²) in [6.07, 6.45) is 0.542. The summed E-state index contributed by atoms with van der Waals surface area (Å²) in [5, 5.41) is 10.5. The maximum absolute atomic E-state index is 12.2. The van der Waals surface area contributed by atoms with Crippen molar-refractivity contribution in [2.75, 3.05) is 13.2 Å². The number of hydrogen-bond acceptors (Lipinski definition) is 7. The Labute approximate surface area is 207 Å². The van der Waals surface area contributed by atoms with Crippen LogP contribution in [-0.2, 0) is 30.3 Å². The van der Waals surface area contributed by atoms with E-state index in [1.54, 1.807) is 62.8 Å². The fraction of sp³-hybridized carbons (Fsp3) is 0.346. The average molecular weight is 496 g/mol. The van der Waals surface area contributed by atoms with E-state index < -0.39 is 17.4 Å². The molecule has 2 heterocycles. The van der Waals surface area contributed by atoms with Gasteiger partial charge in [0.15, 0.2) is 0 Å². The van der Waals surface area contributed by atoms with Gasteiger partial charge in [-0.2, -0.15) is 0 Å². The number of fused-ring (bicyclic) bond motifs is 4. The zero-order chi connectivity index (χ0) is 26.2. The Morgan fingerprint density at radius 1 is 0.972 bits per heavy atom. The Balaban J connectivity index is 1.39. The third-order valence-electron chi connectivity index (χ3n) is 5.51. The molecule has 4 rings (SSSR count). The monoisotopic (exact) mass is 495 g/mol. The zero-order valence-electron chi connectivity index (χ0n) is 20.7. The van der Waals surface area contributed by atoms with Crippen LogP contribution >= 0.6 is 0 Å². The van der Waals surface area contributed by atoms with E-state index in [9.17, 15) is 19.5 Å². The highest BCUT2D eigenvalue weighted by atomic mass is 16.6. The summed E-state index contributed by atoms with van der Waals surface area (Å²) in [5.41, 5.74) is 2.81. The van der Waals surface area contributed by atoms with Crippen molar-refractivity contribution in [3.63, 3.8) is 0 Å². The van der Waals surface area contributed by atoms with E-state index >= 15 is 0 Å². The zero-order valence-corrected chi connectivity index (χ0v) is 20.7. The second kappa shape index (κ2) is 9.44. The molecule has 0 bridgehead atoms. The van der Waals surface area contributed by atoms with E-state index in [1.807, 2.05) is 15.3 Å². The molecule has 0 atom stereocenters. The number of rotatable bonds is 9. The van der Waals surface area contributed by atoms with Gasteiger partial charge in [-0.3, -0.25) is 9.59 Å². The van der Waals surface area contributed by atoms with E-state index in [0.29, 0.717) is 17.9 Å². The molecule has 2 aromatic carbocycles. The summed E-state index contributed by atoms with van der Waals surface area (Å²) in [6, 6.07) is 10.5. The second-order valence-corrected chi connectivity index (χ2v) is 9.62. The van der Waals surface area contributed by atoms with Crippen LogP contribution in [0.15, 0.2) is 48.6 Å². The van der Waals surface area contributed by atoms with Gasteiger partial charge >= 0.3 is 17.9 Å². The number of ether oxygens (including phenoxy) is 3. The largest absolute Gasteiger partial charge is 0.506 e. The SMILES string of the molecule is C=C(C)C(=O)OCCOC(=O)CCc1ccc(O)c(-n2n3c4ccc(OC(=O)C(C)(C)C)cc4n23)c1. The molecule has 190 valence electrons. The van der Waals surface area contributed by atoms with Crippen LogP contribution in [0.4, 0.5) is 0 Å². The molecule has 4 aromatic rings. The van der Waals surface area contributed by atoms with Crippen molar-refractivity contribution in [1.82, 2.24) is 14.1 Å². The highest BCUT2D eigenvalue weighted by molar-refractivity contribution is 5.87. The topological polar surface area (TPSA) is 113 Å². The minimum absolute atomic E-state index is 0.0261. The molecule has 0 amide bonds. The lowest BCUT2D eigenvalue weighted by molar-refractivity contribution is -0.150. The molecule has 0 aliphatic rings. The van der Waals surface area contributed by atoms with Crippen LogP contribution in [-0.4, -0.2) is 50.3 Å². The number of phenolic OH excluding ortho intramolecular Hbond substituents is 1. The lowest BCUT2D eigenvalue weighted by Gasteiger charge is -2.16. The van der Waals surface area contributed by atoms with Crippen LogP contribution in [0.1, 0.15) is 39.7 Å². The number of nitrogens with zero attached hydrogens (tertiary/aromatic N) is 3. The number of benzene rings is 2. The molecular weight excluding hydrogens is 466 g/mol. The summed E-state index contributed by atoms with van der Waals surface area (Å²) in [7, 11) is 0. The molecule has 1 N–H and O–H groups in total. The maximum Gasteiger partial charge on any atom is 0.333 e. The first-order valence-corrected chi connectivity index (χ1v) is 11.5. The fourth-order valence-electron chi connectivity index (χ4n) is 3.47. The first-order valence-electron chi connectivity index (χ1n) is 11.5. The molecule has 0 fully saturated rings. The van der Waals surface area contributed by atoms with Gasteiger partial charge in [-0.25, -0.2) is 4.79 Å². The lowest BCUT2D eigenvalue weighted by atomic mass is 9.97. The minimum atomic E-state index is -0.614. The first kappa shape index (κ1) is 24.9. The van der Waals surface area contributed by atoms with Crippen LogP contribution in [0, 0.1) is 5.41 Å². The molecule has 0 aliphatic carbocycles. The summed E-state index contributed by atoms with van der Waals surface area (Å²) in [4.78, 5) is 37.3. The van der Waals surface area contributed by atoms with Crippen molar-refractivity contribution in [3.05, 3.63) is 54.1 Å². The van der Waals surface area contributed by atoms with E-state index in [1.165, 1.54) is 0 Å². The number of aryl methyl sites for hydroxylation is 1. The number of carbonyl (C=O) groups excluding carboxylic acids is 3. The van der Waals surface area contributed by atoms with Crippen LogP contribution in [0.3, 0.4) is 0 Å². The van der Waals surface area contributed by atoms with Gasteiger partial charge in [-0.1, -0.05) is 12.6 Å². The molecule has 0 saturated heterocycles. The van der Waals surface area contributed by atoms with Crippen molar-refractivity contribution < 1.29 is 33.7 Å². The van der Waals surface area contributed by atoms with Gasteiger partial charge in [0.1, 0.15) is 41.4 Å². The number of carbonyl (C=O) groups is 3. The molecular formula is C26H29N3O7. The number of esters is 3. The van der Waals surface area contributed by atoms with Gasteiger partial charge in [-0.05, 0) is 63.9 Å². The van der Waals surface area contributed by atoms with Crippen LogP contribution < -0.4 is 4.74 Å². The number of phenols is 1. The Morgan fingerprint density at radius 3 is 2.36 bits per heavy atom. The second-order valence-electron chi connectivity index (χ2n) is 9.62. The Bertz CT molecular complexity index is 1450. The minimum Gasteiger partial charge on any atom is -0.506 e. The highest BCUT2D eigenvalue weighted by Crippen LogP contribution is 2.33. The molecule has 0 spiro atoms. The smallest absolute Gasteiger partial charge is 0.333 e. The fourth-order valence-corrected chi connectivity index (χ4v) is 3.47. The van der Waals surface area contributed by atoms with Crippen molar-refractivity contribution in [2.45, 2.75) is 40.5 Å². The van der Waals surface area contributed by atoms with Gasteiger partial charge in [0.2, 0.25) is 0 Å². The van der Waals surface area contributed by atoms with Crippen molar-refractivity contribution >= 4 is 28.9 Å². The summed E-state index contributed by atoms with van der Waals surface area (Å²) < 4.78 is 19.2. The number of aromatic hydroxyl groups is 1. The van der Waals surface area contributed by atoms with Gasteiger partial charge in [0.05, 0.1) is 5.41 Å². The maximum atomic E-state index is 12.2. The van der Waals surface area contributed by atoms with Crippen molar-refractivity contribution in [2.24, 2.45) is 5.41 Å². The highest BCUT2D eigenvalue weighted by Gasteiger charge is 2.28. The van der Waals surface area contributed by atoms with Crippen LogP contribution in [0.5, 0.6) is 11.5 Å². The molecule has 10 heteroatoms. The molecule has 0 radical (unpaired) electrons. The van der Waals surface area contributed by atoms with Gasteiger partial charge in [0.25, 0.3) is 0 Å². The summed E-state index contributed by atoms with van der Waals surface area (Å²) >= 11 is 0. The normalized spacial score (nSPS) is 11.8. The molecule has 0 aliphatic heterocycles. The van der Waals surface area contributed by atoms with Crippen molar-refractivity contribution in [1.29, 1.82) is 0 Å². The third kappa shape index (κ3) is 5.07. The van der Waals surface area contributed by atoms with Gasteiger partial charge in [-0.15, -0.1) is 14.1 Å². The van der Waals surface area contributed by atoms with E-state index in [0.717, 1.165) is 16.6 Å². The van der Waals surface area contributed by atoms with E-state index in [4.69, 9.17) is 14.2 Å². The third-order valence-corrected chi connectivity index (χ3v) is 5.51. The molecule has 0 unspecified atom stereocenters. The average Bonchev–Trinajstić information content (AvgIpc) is 3.47. The van der Waals surface area contributed by atoms with Crippen molar-refractivity contribution in [3.8, 4) is 17.2 Å².